The molecule has 0 spiro atoms. The molecular weight excluding hydrogens is 346 g/mol. The number of likely N-dealkylation sites (N-methyl/N-ethyl adjacent to an activating group) is 1. The number of carbonyl (C=O) groups is 1. The minimum Gasteiger partial charge on any atom is -0.493 e. The Bertz CT molecular complexity index is 808. The van der Waals surface area contributed by atoms with Crippen LogP contribution in [0.1, 0.15) is 17.1 Å². The van der Waals surface area contributed by atoms with E-state index in [0.717, 1.165) is 18.1 Å². The molecule has 7 nitrogen and oxygen atoms in total. The first-order valence-electron chi connectivity index (χ1n) is 8.61. The van der Waals surface area contributed by atoms with Crippen LogP contribution in [0.25, 0.3) is 0 Å². The fourth-order valence-corrected chi connectivity index (χ4v) is 2.46. The van der Waals surface area contributed by atoms with Crippen molar-refractivity contribution in [3.8, 4) is 17.6 Å². The first kappa shape index (κ1) is 20.3. The Kier molecular flexibility index (Phi) is 7.26. The molecule has 1 aromatic carbocycles. The maximum atomic E-state index is 12.7. The van der Waals surface area contributed by atoms with E-state index in [9.17, 15) is 4.79 Å². The number of furan rings is 1. The van der Waals surface area contributed by atoms with Crippen molar-refractivity contribution in [3.63, 3.8) is 0 Å². The van der Waals surface area contributed by atoms with Gasteiger partial charge in [-0.25, -0.2) is 0 Å². The second kappa shape index (κ2) is 9.64. The molecule has 2 rings (SSSR count). The van der Waals surface area contributed by atoms with Gasteiger partial charge in [0.05, 0.1) is 25.3 Å². The molecule has 0 unspecified atom stereocenters. The summed E-state index contributed by atoms with van der Waals surface area (Å²) in [6.07, 6.45) is 0. The SMILES string of the molecule is COc1cc(C#N)ccc1OCC(=O)N(CCN(C)C)Cc1ccc(C)o1. The molecule has 0 saturated carbocycles. The zero-order valence-electron chi connectivity index (χ0n) is 16.2. The van der Waals surface area contributed by atoms with E-state index in [2.05, 4.69) is 0 Å². The van der Waals surface area contributed by atoms with Gasteiger partial charge >= 0.3 is 0 Å². The Morgan fingerprint density at radius 2 is 1.96 bits per heavy atom. The van der Waals surface area contributed by atoms with E-state index < -0.39 is 0 Å². The minimum absolute atomic E-state index is 0.130. The summed E-state index contributed by atoms with van der Waals surface area (Å²) >= 11 is 0. The molecule has 1 aromatic heterocycles. The lowest BCUT2D eigenvalue weighted by molar-refractivity contribution is -0.134. The van der Waals surface area contributed by atoms with Gasteiger partial charge in [-0.05, 0) is 45.3 Å². The van der Waals surface area contributed by atoms with Crippen LogP contribution in [-0.4, -0.2) is 56.6 Å². The summed E-state index contributed by atoms with van der Waals surface area (Å²) in [5, 5.41) is 8.97. The predicted octanol–water partition coefficient (Wildman–Crippen LogP) is 2.44. The van der Waals surface area contributed by atoms with Gasteiger partial charge in [0.2, 0.25) is 0 Å². The molecule has 7 heteroatoms. The highest BCUT2D eigenvalue weighted by Gasteiger charge is 2.17. The van der Waals surface area contributed by atoms with Crippen molar-refractivity contribution < 1.29 is 18.7 Å². The number of amides is 1. The van der Waals surface area contributed by atoms with Gasteiger partial charge in [-0.2, -0.15) is 5.26 Å². The summed E-state index contributed by atoms with van der Waals surface area (Å²) in [7, 11) is 5.41. The van der Waals surface area contributed by atoms with E-state index in [1.165, 1.54) is 7.11 Å². The smallest absolute Gasteiger partial charge is 0.260 e. The Labute approximate surface area is 159 Å². The van der Waals surface area contributed by atoms with Crippen LogP contribution < -0.4 is 9.47 Å². The number of carbonyl (C=O) groups excluding carboxylic acids is 1. The van der Waals surface area contributed by atoms with E-state index in [4.69, 9.17) is 19.2 Å². The molecular formula is C20H25N3O4. The summed E-state index contributed by atoms with van der Waals surface area (Å²) in [6, 6.07) is 10.6. The van der Waals surface area contributed by atoms with Gasteiger partial charge in [0.15, 0.2) is 18.1 Å². The third-order valence-corrected chi connectivity index (χ3v) is 3.96. The fourth-order valence-electron chi connectivity index (χ4n) is 2.46. The average Bonchev–Trinajstić information content (AvgIpc) is 3.07. The zero-order valence-corrected chi connectivity index (χ0v) is 16.2. The van der Waals surface area contributed by atoms with Gasteiger partial charge in [0, 0.05) is 19.2 Å². The summed E-state index contributed by atoms with van der Waals surface area (Å²) in [4.78, 5) is 16.4. The van der Waals surface area contributed by atoms with E-state index in [-0.39, 0.29) is 12.5 Å². The standard InChI is InChI=1S/C20H25N3O4/c1-15-5-7-17(27-15)13-23(10-9-22(2)3)20(24)14-26-18-8-6-16(12-21)11-19(18)25-4/h5-8,11H,9-10,13-14H2,1-4H3. The number of ether oxygens (including phenoxy) is 2. The summed E-state index contributed by atoms with van der Waals surface area (Å²) in [5.41, 5.74) is 0.464. The van der Waals surface area contributed by atoms with Crippen LogP contribution in [0.3, 0.4) is 0 Å². The van der Waals surface area contributed by atoms with Gasteiger partial charge in [-0.1, -0.05) is 0 Å². The van der Waals surface area contributed by atoms with Crippen LogP contribution in [0, 0.1) is 18.3 Å². The van der Waals surface area contributed by atoms with Crippen molar-refractivity contribution in [1.82, 2.24) is 9.80 Å². The quantitative estimate of drug-likeness (QED) is 0.674. The number of methoxy groups -OCH3 is 1. The predicted molar refractivity (Wildman–Crippen MR) is 101 cm³/mol. The average molecular weight is 371 g/mol. The van der Waals surface area contributed by atoms with Crippen LogP contribution in [0.5, 0.6) is 11.5 Å². The molecule has 0 fully saturated rings. The number of rotatable bonds is 9. The zero-order chi connectivity index (χ0) is 19.8. The number of aryl methyl sites for hydroxylation is 1. The van der Waals surface area contributed by atoms with Crippen LogP contribution >= 0.6 is 0 Å². The lowest BCUT2D eigenvalue weighted by Crippen LogP contribution is -2.38. The molecule has 0 radical (unpaired) electrons. The first-order chi connectivity index (χ1) is 12.9. The van der Waals surface area contributed by atoms with Crippen molar-refractivity contribution in [2.24, 2.45) is 0 Å². The van der Waals surface area contributed by atoms with E-state index in [0.29, 0.717) is 30.2 Å². The third-order valence-electron chi connectivity index (χ3n) is 3.96. The number of hydrogen-bond acceptors (Lipinski definition) is 6. The van der Waals surface area contributed by atoms with E-state index in [1.54, 1.807) is 23.1 Å². The van der Waals surface area contributed by atoms with Crippen molar-refractivity contribution in [2.75, 3.05) is 40.9 Å². The van der Waals surface area contributed by atoms with Gasteiger partial charge in [-0.3, -0.25) is 4.79 Å². The highest BCUT2D eigenvalue weighted by molar-refractivity contribution is 5.77. The molecule has 1 amide bonds. The fraction of sp³-hybridized carbons (Fsp3) is 0.400. The van der Waals surface area contributed by atoms with Gasteiger partial charge in [0.1, 0.15) is 11.5 Å². The van der Waals surface area contributed by atoms with Gasteiger partial charge in [0.25, 0.3) is 5.91 Å². The highest BCUT2D eigenvalue weighted by atomic mass is 16.5. The summed E-state index contributed by atoms with van der Waals surface area (Å²) < 4.78 is 16.5. The second-order valence-corrected chi connectivity index (χ2v) is 6.40. The molecule has 144 valence electrons. The maximum absolute atomic E-state index is 12.7. The normalized spacial score (nSPS) is 10.5. The molecule has 1 heterocycles. The molecule has 27 heavy (non-hydrogen) atoms. The Morgan fingerprint density at radius 3 is 2.56 bits per heavy atom. The minimum atomic E-state index is -0.155. The van der Waals surface area contributed by atoms with E-state index >= 15 is 0 Å². The topological polar surface area (TPSA) is 78.9 Å². The van der Waals surface area contributed by atoms with Crippen LogP contribution in [0.4, 0.5) is 0 Å². The molecule has 0 N–H and O–H groups in total. The van der Waals surface area contributed by atoms with E-state index in [1.807, 2.05) is 44.1 Å². The second-order valence-electron chi connectivity index (χ2n) is 6.40. The highest BCUT2D eigenvalue weighted by Crippen LogP contribution is 2.27. The molecule has 0 saturated heterocycles. The Hall–Kier alpha value is -2.98. The number of nitrogens with zero attached hydrogens (tertiary/aromatic N) is 3. The molecule has 0 aliphatic carbocycles. The van der Waals surface area contributed by atoms with Crippen LogP contribution in [-0.2, 0) is 11.3 Å². The van der Waals surface area contributed by atoms with Crippen molar-refractivity contribution in [2.45, 2.75) is 13.5 Å². The summed E-state index contributed by atoms with van der Waals surface area (Å²) in [5.74, 6) is 2.23. The molecule has 2 aromatic rings. The van der Waals surface area contributed by atoms with Crippen molar-refractivity contribution in [3.05, 3.63) is 47.4 Å². The molecule has 0 aliphatic rings. The molecule has 0 bridgehead atoms. The number of hydrogen-bond donors (Lipinski definition) is 0. The van der Waals surface area contributed by atoms with Gasteiger partial charge in [-0.15, -0.1) is 0 Å². The molecule has 0 aliphatic heterocycles. The Morgan fingerprint density at radius 1 is 1.19 bits per heavy atom. The first-order valence-corrected chi connectivity index (χ1v) is 8.61. The Balaban J connectivity index is 2.05. The monoisotopic (exact) mass is 371 g/mol. The third kappa shape index (κ3) is 6.04. The van der Waals surface area contributed by atoms with Crippen molar-refractivity contribution >= 4 is 5.91 Å². The lowest BCUT2D eigenvalue weighted by Gasteiger charge is -2.24. The van der Waals surface area contributed by atoms with Crippen LogP contribution in [0.15, 0.2) is 34.7 Å². The molecule has 0 atom stereocenters. The lowest BCUT2D eigenvalue weighted by atomic mass is 10.2. The number of nitriles is 1. The number of benzene rings is 1. The maximum Gasteiger partial charge on any atom is 0.260 e. The largest absolute Gasteiger partial charge is 0.493 e. The van der Waals surface area contributed by atoms with Gasteiger partial charge < -0.3 is 23.7 Å². The van der Waals surface area contributed by atoms with Crippen molar-refractivity contribution in [1.29, 1.82) is 5.26 Å². The summed E-state index contributed by atoms with van der Waals surface area (Å²) in [6.45, 7) is 3.41. The van der Waals surface area contributed by atoms with Crippen LogP contribution in [0.2, 0.25) is 0 Å².